The summed E-state index contributed by atoms with van der Waals surface area (Å²) in [5.41, 5.74) is -3.64. The van der Waals surface area contributed by atoms with Crippen LogP contribution in [0.1, 0.15) is 60.0 Å². The fourth-order valence-corrected chi connectivity index (χ4v) is 7.13. The lowest BCUT2D eigenvalue weighted by Crippen LogP contribution is -2.58. The van der Waals surface area contributed by atoms with E-state index in [-0.39, 0.29) is 22.1 Å². The Morgan fingerprint density at radius 3 is 2.42 bits per heavy atom. The van der Waals surface area contributed by atoms with Gasteiger partial charge in [-0.3, -0.25) is 18.9 Å². The molecular formula is C30H34F2N3O6PS. The van der Waals surface area contributed by atoms with E-state index in [9.17, 15) is 27.7 Å². The molecule has 0 aliphatic carbocycles. The largest absolute Gasteiger partial charge is 0.399 e. The molecule has 1 unspecified atom stereocenters. The van der Waals surface area contributed by atoms with E-state index in [0.29, 0.717) is 37.2 Å². The standard InChI is InChI=1S/C30H34F2N3O6PS/c1-29(2,3)25(33-26(36)24-16-20-15-21(10-11-23(20)43-24)30(31,32)42(39,40)41)28(38)35-13-6-9-22(35)27(37)34-14-12-18-7-4-5-8-19(18)17-34/h4-5,7-8,10-11,15-16,22,25H,6,9,12-14,17H2,1-3H3,(H,33,36)(H2,39,40,41)/t22-,25?/m0/s1. The molecule has 230 valence electrons. The van der Waals surface area contributed by atoms with Crippen molar-refractivity contribution in [2.24, 2.45) is 5.41 Å². The molecule has 0 spiro atoms. The quantitative estimate of drug-likeness (QED) is 0.333. The fourth-order valence-electron chi connectivity index (χ4n) is 5.71. The topological polar surface area (TPSA) is 127 Å². The summed E-state index contributed by atoms with van der Waals surface area (Å²) in [7, 11) is -5.75. The number of hydrogen-bond donors (Lipinski definition) is 3. The van der Waals surface area contributed by atoms with Gasteiger partial charge in [-0.1, -0.05) is 51.1 Å². The number of carbonyl (C=O) groups is 3. The average molecular weight is 634 g/mol. The van der Waals surface area contributed by atoms with Crippen molar-refractivity contribution in [1.82, 2.24) is 15.1 Å². The molecule has 2 atom stereocenters. The van der Waals surface area contributed by atoms with Gasteiger partial charge in [-0.2, -0.15) is 8.78 Å². The number of carbonyl (C=O) groups excluding carboxylic acids is 3. The van der Waals surface area contributed by atoms with Gasteiger partial charge in [0.1, 0.15) is 12.1 Å². The predicted octanol–water partition coefficient (Wildman–Crippen LogP) is 4.85. The van der Waals surface area contributed by atoms with E-state index in [1.807, 2.05) is 39.0 Å². The van der Waals surface area contributed by atoms with Crippen LogP contribution in [0.4, 0.5) is 8.78 Å². The Morgan fingerprint density at radius 1 is 1.05 bits per heavy atom. The first-order valence-corrected chi connectivity index (χ1v) is 16.5. The van der Waals surface area contributed by atoms with Crippen molar-refractivity contribution < 1.29 is 37.5 Å². The zero-order chi connectivity index (χ0) is 31.3. The van der Waals surface area contributed by atoms with Gasteiger partial charge >= 0.3 is 13.3 Å². The Hall–Kier alpha value is -3.18. The lowest BCUT2D eigenvalue weighted by Gasteiger charge is -2.37. The smallest absolute Gasteiger partial charge is 0.339 e. The van der Waals surface area contributed by atoms with E-state index >= 15 is 0 Å². The average Bonchev–Trinajstić information content (AvgIpc) is 3.61. The maximum Gasteiger partial charge on any atom is 0.399 e. The highest BCUT2D eigenvalue weighted by molar-refractivity contribution is 7.52. The molecule has 0 bridgehead atoms. The van der Waals surface area contributed by atoms with E-state index in [1.165, 1.54) is 17.7 Å². The van der Waals surface area contributed by atoms with Gasteiger partial charge in [0, 0.05) is 29.9 Å². The monoisotopic (exact) mass is 633 g/mol. The minimum absolute atomic E-state index is 0.105. The van der Waals surface area contributed by atoms with Crippen molar-refractivity contribution in [2.75, 3.05) is 13.1 Å². The van der Waals surface area contributed by atoms with Crippen molar-refractivity contribution >= 4 is 46.7 Å². The van der Waals surface area contributed by atoms with Crippen LogP contribution < -0.4 is 5.32 Å². The summed E-state index contributed by atoms with van der Waals surface area (Å²) < 4.78 is 40.3. The number of fused-ring (bicyclic) bond motifs is 2. The first-order valence-electron chi connectivity index (χ1n) is 14.0. The predicted molar refractivity (Wildman–Crippen MR) is 159 cm³/mol. The Morgan fingerprint density at radius 2 is 1.74 bits per heavy atom. The molecule has 3 heterocycles. The van der Waals surface area contributed by atoms with Gasteiger partial charge in [0.05, 0.1) is 4.88 Å². The number of nitrogens with zero attached hydrogens (tertiary/aromatic N) is 2. The molecule has 1 fully saturated rings. The van der Waals surface area contributed by atoms with Crippen LogP contribution in [0.2, 0.25) is 0 Å². The van der Waals surface area contributed by atoms with E-state index in [4.69, 9.17) is 9.79 Å². The van der Waals surface area contributed by atoms with Crippen LogP contribution in [0.3, 0.4) is 0 Å². The molecule has 1 saturated heterocycles. The second kappa shape index (κ2) is 11.4. The van der Waals surface area contributed by atoms with E-state index in [1.54, 1.807) is 9.80 Å². The third-order valence-electron chi connectivity index (χ3n) is 8.10. The van der Waals surface area contributed by atoms with Gasteiger partial charge in [0.2, 0.25) is 11.8 Å². The minimum Gasteiger partial charge on any atom is -0.339 e. The molecular weight excluding hydrogens is 599 g/mol. The molecule has 0 saturated carbocycles. The van der Waals surface area contributed by atoms with Gasteiger partial charge in [-0.05, 0) is 59.4 Å². The molecule has 5 rings (SSSR count). The summed E-state index contributed by atoms with van der Waals surface area (Å²) >= 11 is 1.01. The number of alkyl halides is 2. The van der Waals surface area contributed by atoms with Crippen LogP contribution >= 0.6 is 18.9 Å². The lowest BCUT2D eigenvalue weighted by molar-refractivity contribution is -0.146. The normalized spacial score (nSPS) is 18.4. The molecule has 2 aromatic carbocycles. The summed E-state index contributed by atoms with van der Waals surface area (Å²) in [5, 5.41) is 3.03. The Balaban J connectivity index is 1.34. The summed E-state index contributed by atoms with van der Waals surface area (Å²) in [4.78, 5) is 62.7. The number of hydrogen-bond acceptors (Lipinski definition) is 5. The second-order valence-electron chi connectivity index (χ2n) is 12.2. The third kappa shape index (κ3) is 6.11. The first kappa shape index (κ1) is 31.3. The highest BCUT2D eigenvalue weighted by Gasteiger charge is 2.50. The zero-order valence-electron chi connectivity index (χ0n) is 24.0. The van der Waals surface area contributed by atoms with Crippen LogP contribution in [0.15, 0.2) is 48.5 Å². The first-order chi connectivity index (χ1) is 20.1. The van der Waals surface area contributed by atoms with Gasteiger partial charge in [-0.15, -0.1) is 11.3 Å². The van der Waals surface area contributed by atoms with Crippen molar-refractivity contribution in [2.45, 2.75) is 64.3 Å². The SMILES string of the molecule is CC(C)(C)C(NC(=O)c1cc2cc(C(F)(F)P(=O)(O)O)ccc2s1)C(=O)N1CCC[C@H]1C(=O)N1CCc2ccccc2C1. The van der Waals surface area contributed by atoms with E-state index in [2.05, 4.69) is 11.4 Å². The Kier molecular flexibility index (Phi) is 8.28. The number of benzene rings is 2. The third-order valence-corrected chi connectivity index (χ3v) is 10.2. The maximum absolute atomic E-state index is 14.3. The molecule has 3 N–H and O–H groups in total. The molecule has 9 nitrogen and oxygen atoms in total. The van der Waals surface area contributed by atoms with Crippen LogP contribution in [0, 0.1) is 5.41 Å². The lowest BCUT2D eigenvalue weighted by atomic mass is 9.85. The summed E-state index contributed by atoms with van der Waals surface area (Å²) in [6.45, 7) is 6.88. The Labute approximate surface area is 252 Å². The van der Waals surface area contributed by atoms with Gasteiger partial charge in [-0.25, -0.2) is 0 Å². The van der Waals surface area contributed by atoms with Crippen LogP contribution in [0.5, 0.6) is 0 Å². The molecule has 3 amide bonds. The second-order valence-corrected chi connectivity index (χ2v) is 14.9. The molecule has 1 aromatic heterocycles. The highest BCUT2D eigenvalue weighted by atomic mass is 32.1. The highest BCUT2D eigenvalue weighted by Crippen LogP contribution is 2.59. The number of thiophene rings is 1. The van der Waals surface area contributed by atoms with Gasteiger partial charge in [0.25, 0.3) is 5.91 Å². The van der Waals surface area contributed by atoms with Crippen molar-refractivity contribution in [3.63, 3.8) is 0 Å². The molecule has 13 heteroatoms. The molecule has 2 aliphatic heterocycles. The van der Waals surface area contributed by atoms with Crippen molar-refractivity contribution in [3.8, 4) is 0 Å². The molecule has 3 aromatic rings. The number of nitrogens with one attached hydrogen (secondary N) is 1. The fraction of sp³-hybridized carbons (Fsp3) is 0.433. The Bertz CT molecular complexity index is 1630. The van der Waals surface area contributed by atoms with E-state index in [0.717, 1.165) is 35.5 Å². The van der Waals surface area contributed by atoms with Crippen molar-refractivity contribution in [1.29, 1.82) is 0 Å². The van der Waals surface area contributed by atoms with Crippen LogP contribution in [0.25, 0.3) is 10.1 Å². The van der Waals surface area contributed by atoms with Gasteiger partial charge < -0.3 is 24.9 Å². The molecule has 2 aliphatic rings. The number of rotatable bonds is 6. The summed E-state index contributed by atoms with van der Waals surface area (Å²) in [6, 6.07) is 10.9. The number of halogens is 2. The minimum atomic E-state index is -5.75. The summed E-state index contributed by atoms with van der Waals surface area (Å²) in [6.07, 6.45) is 1.94. The van der Waals surface area contributed by atoms with E-state index < -0.39 is 42.2 Å². The zero-order valence-corrected chi connectivity index (χ0v) is 25.8. The molecule has 43 heavy (non-hydrogen) atoms. The van der Waals surface area contributed by atoms with Crippen LogP contribution in [-0.2, 0) is 32.8 Å². The van der Waals surface area contributed by atoms with Crippen molar-refractivity contribution in [3.05, 3.63) is 70.1 Å². The maximum atomic E-state index is 14.3. The molecule has 0 radical (unpaired) electrons. The number of amides is 3. The van der Waals surface area contributed by atoms with Crippen LogP contribution in [-0.4, -0.2) is 62.5 Å². The summed E-state index contributed by atoms with van der Waals surface area (Å²) in [5.74, 6) is -1.06. The number of likely N-dealkylation sites (tertiary alicyclic amines) is 1. The van der Waals surface area contributed by atoms with Gasteiger partial charge in [0.15, 0.2) is 0 Å².